The van der Waals surface area contributed by atoms with E-state index in [-0.39, 0.29) is 10.8 Å². The molecule has 2 heterocycles. The highest BCUT2D eigenvalue weighted by Gasteiger charge is 2.14. The summed E-state index contributed by atoms with van der Waals surface area (Å²) in [5.41, 5.74) is 2.91. The molecule has 0 aliphatic carbocycles. The number of aromatic amines is 1. The number of pyridine rings is 1. The topological polar surface area (TPSA) is 131 Å². The Labute approximate surface area is 160 Å². The maximum atomic E-state index is 12.3. The molecule has 4 rings (SSSR count). The number of H-pyrrole nitrogens is 1. The van der Waals surface area contributed by atoms with E-state index in [1.54, 1.807) is 48.7 Å². The third kappa shape index (κ3) is 3.48. The first-order valence-electron chi connectivity index (χ1n) is 8.24. The number of nitrogens with two attached hydrogens (primary N) is 1. The number of fused-ring (bicyclic) bond motifs is 1. The number of aromatic nitrogens is 3. The molecule has 0 spiro atoms. The monoisotopic (exact) mass is 393 g/mol. The second-order valence-corrected chi connectivity index (χ2v) is 7.66. The number of primary sulfonamides is 1. The number of benzene rings is 2. The summed E-state index contributed by atoms with van der Waals surface area (Å²) in [7, 11) is -3.83. The number of hydrogen-bond acceptors (Lipinski definition) is 5. The van der Waals surface area contributed by atoms with Crippen LogP contribution < -0.4 is 10.5 Å². The third-order valence-electron chi connectivity index (χ3n) is 4.18. The standard InChI is InChI=1S/C19H15N5O3S/c20-28(26,27)15-5-1-3-12(9-15)18-16-10-14(6-7-17(16)23-24-18)22-19(25)13-4-2-8-21-11-13/h1-11H,(H,22,25)(H,23,24)(H2,20,26,27). The largest absolute Gasteiger partial charge is 0.322 e. The average molecular weight is 393 g/mol. The Morgan fingerprint density at radius 2 is 1.93 bits per heavy atom. The lowest BCUT2D eigenvalue weighted by Crippen LogP contribution is -2.12. The van der Waals surface area contributed by atoms with Gasteiger partial charge in [0.2, 0.25) is 10.0 Å². The van der Waals surface area contributed by atoms with Gasteiger partial charge in [-0.1, -0.05) is 12.1 Å². The first-order chi connectivity index (χ1) is 13.4. The molecule has 28 heavy (non-hydrogen) atoms. The number of rotatable bonds is 4. The number of nitrogens with zero attached hydrogens (tertiary/aromatic N) is 2. The molecule has 0 fully saturated rings. The minimum atomic E-state index is -3.83. The van der Waals surface area contributed by atoms with Gasteiger partial charge in [-0.15, -0.1) is 0 Å². The van der Waals surface area contributed by atoms with E-state index in [0.29, 0.717) is 22.5 Å². The van der Waals surface area contributed by atoms with Crippen LogP contribution in [0.2, 0.25) is 0 Å². The van der Waals surface area contributed by atoms with Crippen LogP contribution in [0.25, 0.3) is 22.2 Å². The van der Waals surface area contributed by atoms with Gasteiger partial charge < -0.3 is 5.32 Å². The van der Waals surface area contributed by atoms with Gasteiger partial charge in [-0.25, -0.2) is 13.6 Å². The van der Waals surface area contributed by atoms with Crippen LogP contribution in [-0.2, 0) is 10.0 Å². The third-order valence-corrected chi connectivity index (χ3v) is 5.09. The highest BCUT2D eigenvalue weighted by Crippen LogP contribution is 2.29. The summed E-state index contributed by atoms with van der Waals surface area (Å²) in [6.45, 7) is 0. The average Bonchev–Trinajstić information content (AvgIpc) is 3.11. The van der Waals surface area contributed by atoms with Crippen LogP contribution in [-0.4, -0.2) is 29.5 Å². The molecule has 1 amide bonds. The van der Waals surface area contributed by atoms with Gasteiger partial charge in [0.1, 0.15) is 5.69 Å². The zero-order chi connectivity index (χ0) is 19.7. The van der Waals surface area contributed by atoms with Crippen LogP contribution in [0.5, 0.6) is 0 Å². The minimum Gasteiger partial charge on any atom is -0.322 e. The number of carbonyl (C=O) groups excluding carboxylic acids is 1. The molecule has 0 radical (unpaired) electrons. The molecule has 0 aliphatic heterocycles. The smallest absolute Gasteiger partial charge is 0.257 e. The van der Waals surface area contributed by atoms with Crippen molar-refractivity contribution in [2.75, 3.05) is 5.32 Å². The van der Waals surface area contributed by atoms with Crippen molar-refractivity contribution in [2.24, 2.45) is 5.14 Å². The molecular weight excluding hydrogens is 378 g/mol. The molecule has 140 valence electrons. The van der Waals surface area contributed by atoms with Crippen LogP contribution in [0.15, 0.2) is 71.9 Å². The molecular formula is C19H15N5O3S. The fraction of sp³-hybridized carbons (Fsp3) is 0. The zero-order valence-electron chi connectivity index (χ0n) is 14.5. The Balaban J connectivity index is 1.72. The summed E-state index contributed by atoms with van der Waals surface area (Å²) in [5.74, 6) is -0.284. The molecule has 0 saturated carbocycles. The van der Waals surface area contributed by atoms with Gasteiger partial charge in [0.25, 0.3) is 5.91 Å². The van der Waals surface area contributed by atoms with E-state index in [1.165, 1.54) is 18.3 Å². The Morgan fingerprint density at radius 1 is 1.07 bits per heavy atom. The molecule has 8 nitrogen and oxygen atoms in total. The molecule has 2 aromatic carbocycles. The number of amides is 1. The van der Waals surface area contributed by atoms with Crippen molar-refractivity contribution in [3.05, 3.63) is 72.6 Å². The lowest BCUT2D eigenvalue weighted by molar-refractivity contribution is 0.102. The molecule has 0 saturated heterocycles. The molecule has 0 atom stereocenters. The Bertz CT molecular complexity index is 1280. The lowest BCUT2D eigenvalue weighted by Gasteiger charge is -2.06. The van der Waals surface area contributed by atoms with E-state index in [1.807, 2.05) is 0 Å². The van der Waals surface area contributed by atoms with Gasteiger partial charge in [-0.2, -0.15) is 5.10 Å². The van der Waals surface area contributed by atoms with Crippen LogP contribution in [0.4, 0.5) is 5.69 Å². The van der Waals surface area contributed by atoms with Crippen molar-refractivity contribution in [3.63, 3.8) is 0 Å². The molecule has 9 heteroatoms. The highest BCUT2D eigenvalue weighted by atomic mass is 32.2. The van der Waals surface area contributed by atoms with Crippen LogP contribution in [0, 0.1) is 0 Å². The fourth-order valence-corrected chi connectivity index (χ4v) is 3.39. The summed E-state index contributed by atoms with van der Waals surface area (Å²) in [6, 6.07) is 14.9. The first kappa shape index (κ1) is 17.8. The highest BCUT2D eigenvalue weighted by molar-refractivity contribution is 7.89. The summed E-state index contributed by atoms with van der Waals surface area (Å²) in [4.78, 5) is 16.3. The molecule has 2 aromatic heterocycles. The van der Waals surface area contributed by atoms with E-state index < -0.39 is 10.0 Å². The molecule has 4 aromatic rings. The second-order valence-electron chi connectivity index (χ2n) is 6.10. The van der Waals surface area contributed by atoms with Crippen LogP contribution in [0.3, 0.4) is 0 Å². The predicted octanol–water partition coefficient (Wildman–Crippen LogP) is 2.52. The summed E-state index contributed by atoms with van der Waals surface area (Å²) < 4.78 is 23.3. The van der Waals surface area contributed by atoms with Gasteiger partial charge >= 0.3 is 0 Å². The minimum absolute atomic E-state index is 0.00202. The van der Waals surface area contributed by atoms with Crippen molar-refractivity contribution in [3.8, 4) is 11.3 Å². The van der Waals surface area contributed by atoms with Crippen LogP contribution in [0.1, 0.15) is 10.4 Å². The maximum Gasteiger partial charge on any atom is 0.257 e. The van der Waals surface area contributed by atoms with E-state index in [9.17, 15) is 13.2 Å². The van der Waals surface area contributed by atoms with E-state index >= 15 is 0 Å². The summed E-state index contributed by atoms with van der Waals surface area (Å²) in [6.07, 6.45) is 3.08. The SMILES string of the molecule is NS(=O)(=O)c1cccc(-c2n[nH]c3ccc(NC(=O)c4cccnc4)cc23)c1. The fourth-order valence-electron chi connectivity index (χ4n) is 2.83. The van der Waals surface area contributed by atoms with Crippen molar-refractivity contribution in [2.45, 2.75) is 4.90 Å². The molecule has 0 aliphatic rings. The molecule has 4 N–H and O–H groups in total. The molecule has 0 bridgehead atoms. The first-order valence-corrected chi connectivity index (χ1v) is 9.79. The van der Waals surface area contributed by atoms with Gasteiger partial charge in [0.15, 0.2) is 0 Å². The van der Waals surface area contributed by atoms with Gasteiger partial charge in [-0.05, 0) is 42.5 Å². The van der Waals surface area contributed by atoms with Crippen molar-refractivity contribution >= 4 is 32.5 Å². The number of hydrogen-bond donors (Lipinski definition) is 3. The van der Waals surface area contributed by atoms with E-state index in [4.69, 9.17) is 5.14 Å². The second kappa shape index (κ2) is 6.87. The normalized spacial score (nSPS) is 11.5. The van der Waals surface area contributed by atoms with E-state index in [2.05, 4.69) is 20.5 Å². The Kier molecular flexibility index (Phi) is 4.38. The quantitative estimate of drug-likeness (QED) is 0.490. The van der Waals surface area contributed by atoms with Crippen molar-refractivity contribution in [1.29, 1.82) is 0 Å². The predicted molar refractivity (Wildman–Crippen MR) is 105 cm³/mol. The number of sulfonamides is 1. The zero-order valence-corrected chi connectivity index (χ0v) is 15.3. The molecule has 0 unspecified atom stereocenters. The lowest BCUT2D eigenvalue weighted by atomic mass is 10.1. The van der Waals surface area contributed by atoms with Gasteiger partial charge in [0.05, 0.1) is 16.0 Å². The van der Waals surface area contributed by atoms with E-state index in [0.717, 1.165) is 10.9 Å². The number of nitrogens with one attached hydrogen (secondary N) is 2. The summed E-state index contributed by atoms with van der Waals surface area (Å²) in [5, 5.41) is 16.0. The van der Waals surface area contributed by atoms with Crippen LogP contribution >= 0.6 is 0 Å². The Hall–Kier alpha value is -3.56. The number of anilines is 1. The van der Waals surface area contributed by atoms with Crippen molar-refractivity contribution in [1.82, 2.24) is 15.2 Å². The van der Waals surface area contributed by atoms with Gasteiger partial charge in [-0.3, -0.25) is 14.9 Å². The van der Waals surface area contributed by atoms with Gasteiger partial charge in [0, 0.05) is 29.0 Å². The summed E-state index contributed by atoms with van der Waals surface area (Å²) >= 11 is 0. The maximum absolute atomic E-state index is 12.3. The Morgan fingerprint density at radius 3 is 2.68 bits per heavy atom. The van der Waals surface area contributed by atoms with Crippen molar-refractivity contribution < 1.29 is 13.2 Å². The number of carbonyl (C=O) groups is 1.